The van der Waals surface area contributed by atoms with Crippen LogP contribution >= 0.6 is 0 Å². The van der Waals surface area contributed by atoms with Gasteiger partial charge in [-0.1, -0.05) is 0 Å². The van der Waals surface area contributed by atoms with Crippen LogP contribution in [0.25, 0.3) is 0 Å². The fourth-order valence-corrected chi connectivity index (χ4v) is 0. The van der Waals surface area contributed by atoms with Crippen LogP contribution in [-0.4, -0.2) is 10.2 Å². The van der Waals surface area contributed by atoms with Gasteiger partial charge in [0.25, 0.3) is 0 Å². The van der Waals surface area contributed by atoms with E-state index in [1.54, 1.807) is 0 Å². The van der Waals surface area contributed by atoms with Crippen LogP contribution in [0.1, 0.15) is 0 Å². The third-order valence-electron chi connectivity index (χ3n) is 0. The summed E-state index contributed by atoms with van der Waals surface area (Å²) in [5, 5.41) is 47.5. The molecule has 0 aliphatic heterocycles. The molecule has 0 radical (unpaired) electrons. The second-order valence-electron chi connectivity index (χ2n) is 0.596. The molecule has 0 amide bonds. The minimum absolute atomic E-state index is 0. The smallest absolute Gasteiger partial charge is 0.444 e. The maximum absolute atomic E-state index is 8.25. The summed E-state index contributed by atoms with van der Waals surface area (Å²) >= 11 is 0. The quantitative estimate of drug-likeness (QED) is 0.289. The molecule has 17 heteroatoms. The predicted molar refractivity (Wildman–Crippen MR) is 49.1 cm³/mol. The molecule has 0 aliphatic rings. The molecule has 0 fully saturated rings. The fourth-order valence-electron chi connectivity index (χ4n) is 0. The summed E-state index contributed by atoms with van der Waals surface area (Å²) in [6.07, 6.45) is 0. The fraction of sp³-hybridized carbons (Fsp3) is 0. The standard InChI is InChI=1S/2NO3.2HNO2.2H3N.Pt/c2*2-1(3)4;2*2-1-3;;;/h;;2*(H,2,3);2*1H3;/q2*-1;;;;;+2/p-2. The van der Waals surface area contributed by atoms with Crippen molar-refractivity contribution in [2.75, 3.05) is 0 Å². The summed E-state index contributed by atoms with van der Waals surface area (Å²) in [5.41, 5.74) is 0. The van der Waals surface area contributed by atoms with E-state index in [-0.39, 0.29) is 33.4 Å². The van der Waals surface area contributed by atoms with Crippen molar-refractivity contribution in [2.45, 2.75) is 0 Å². The molecule has 0 spiro atoms. The Kier molecular flexibility index (Phi) is 183. The van der Waals surface area contributed by atoms with Gasteiger partial charge in [-0.15, -0.1) is 10.7 Å². The van der Waals surface area contributed by atoms with Crippen molar-refractivity contribution in [3.63, 3.8) is 0 Å². The van der Waals surface area contributed by atoms with Crippen LogP contribution in [0, 0.1) is 50.9 Å². The number of nitrogens with zero attached hydrogens (tertiary/aromatic N) is 4. The van der Waals surface area contributed by atoms with Crippen LogP contribution in [0.15, 0.2) is 10.7 Å². The van der Waals surface area contributed by atoms with Crippen molar-refractivity contribution in [2.24, 2.45) is 10.7 Å². The van der Waals surface area contributed by atoms with Crippen molar-refractivity contribution >= 4 is 0 Å². The molecule has 0 atom stereocenters. The third-order valence-corrected chi connectivity index (χ3v) is 0. The zero-order chi connectivity index (χ0) is 12.6. The Morgan fingerprint density at radius 1 is 0.706 bits per heavy atom. The van der Waals surface area contributed by atoms with Gasteiger partial charge in [0.15, 0.2) is 0 Å². The molecule has 0 heterocycles. The van der Waals surface area contributed by atoms with E-state index in [0.717, 1.165) is 10.7 Å². The summed E-state index contributed by atoms with van der Waals surface area (Å²) in [7, 11) is 0. The summed E-state index contributed by atoms with van der Waals surface area (Å²) in [4.78, 5) is 32.5. The van der Waals surface area contributed by atoms with E-state index in [9.17, 15) is 0 Å². The first-order chi connectivity index (χ1) is 6.29. The van der Waals surface area contributed by atoms with E-state index in [2.05, 4.69) is 0 Å². The Morgan fingerprint density at radius 2 is 0.706 bits per heavy atom. The SMILES string of the molecule is N.N.O=N[O-].O=N[O-].O=[N+]([O-])[O-].O=[N+]([O-])[O-].[Pt+2]. The topological polar surface area (TPSA) is 307 Å². The van der Waals surface area contributed by atoms with Crippen LogP contribution in [0.5, 0.6) is 0 Å². The normalized spacial score (nSPS) is 4.24. The van der Waals surface area contributed by atoms with E-state index >= 15 is 0 Å². The van der Waals surface area contributed by atoms with E-state index in [4.69, 9.17) is 50.9 Å². The maximum atomic E-state index is 8.25. The molecule has 0 aromatic heterocycles. The molecule has 0 unspecified atom stereocenters. The molecular formula is H6N6O10Pt-2. The van der Waals surface area contributed by atoms with Crippen molar-refractivity contribution in [1.29, 1.82) is 0 Å². The van der Waals surface area contributed by atoms with E-state index < -0.39 is 10.2 Å². The zero-order valence-electron chi connectivity index (χ0n) is 7.60. The zero-order valence-corrected chi connectivity index (χ0v) is 9.87. The Hall–Kier alpha value is -2.19. The molecule has 0 saturated carbocycles. The second kappa shape index (κ2) is 67.1. The van der Waals surface area contributed by atoms with Crippen LogP contribution in [0.4, 0.5) is 0 Å². The first kappa shape index (κ1) is 46.3. The van der Waals surface area contributed by atoms with Crippen molar-refractivity contribution in [3.05, 3.63) is 50.9 Å². The Balaban J connectivity index is -0.0000000149. The molecule has 0 aliphatic carbocycles. The van der Waals surface area contributed by atoms with E-state index in [0.29, 0.717) is 0 Å². The number of hydrogen-bond acceptors (Lipinski definition) is 14. The van der Waals surface area contributed by atoms with Crippen molar-refractivity contribution in [3.8, 4) is 0 Å². The van der Waals surface area contributed by atoms with Gasteiger partial charge in [0, 0.05) is 0 Å². The Bertz CT molecular complexity index is 133. The first-order valence-corrected chi connectivity index (χ1v) is 1.83. The van der Waals surface area contributed by atoms with Gasteiger partial charge in [-0.05, 0) is 0 Å². The minimum atomic E-state index is -1.75. The molecular weight excluding hydrogens is 439 g/mol. The largest absolute Gasteiger partial charge is 2.00 e. The average molecular weight is 445 g/mol. The molecule has 0 bridgehead atoms. The molecule has 16 nitrogen and oxygen atoms in total. The van der Waals surface area contributed by atoms with Crippen LogP contribution < -0.4 is 12.3 Å². The second-order valence-corrected chi connectivity index (χ2v) is 0.596. The van der Waals surface area contributed by atoms with Gasteiger partial charge in [0.05, 0.1) is 10.2 Å². The molecule has 0 saturated heterocycles. The van der Waals surface area contributed by atoms with E-state index in [1.807, 2.05) is 0 Å². The molecule has 0 rings (SSSR count). The van der Waals surface area contributed by atoms with Gasteiger partial charge in [0.1, 0.15) is 0 Å². The number of rotatable bonds is 0. The van der Waals surface area contributed by atoms with Gasteiger partial charge in [-0.25, -0.2) is 0 Å². The van der Waals surface area contributed by atoms with Crippen LogP contribution in [-0.2, 0) is 21.1 Å². The summed E-state index contributed by atoms with van der Waals surface area (Å²) in [6.45, 7) is 0. The van der Waals surface area contributed by atoms with Gasteiger partial charge < -0.3 is 63.2 Å². The van der Waals surface area contributed by atoms with Crippen molar-refractivity contribution < 1.29 is 31.2 Å². The summed E-state index contributed by atoms with van der Waals surface area (Å²) in [6, 6.07) is 0. The van der Waals surface area contributed by atoms with Crippen molar-refractivity contribution in [1.82, 2.24) is 12.3 Å². The molecule has 17 heavy (non-hydrogen) atoms. The average Bonchev–Trinajstić information content (AvgIpc) is 1.85. The summed E-state index contributed by atoms with van der Waals surface area (Å²) in [5.74, 6) is 0. The summed E-state index contributed by atoms with van der Waals surface area (Å²) < 4.78 is 0. The molecule has 0 aromatic carbocycles. The van der Waals surface area contributed by atoms with E-state index in [1.165, 1.54) is 0 Å². The maximum Gasteiger partial charge on any atom is 2.00 e. The van der Waals surface area contributed by atoms with Crippen LogP contribution in [0.3, 0.4) is 0 Å². The Labute approximate surface area is 106 Å². The van der Waals surface area contributed by atoms with Gasteiger partial charge >= 0.3 is 21.1 Å². The Morgan fingerprint density at radius 3 is 0.706 bits per heavy atom. The third kappa shape index (κ3) is 401. The molecule has 6 N–H and O–H groups in total. The van der Waals surface area contributed by atoms with Gasteiger partial charge in [-0.2, -0.15) is 0 Å². The molecule has 108 valence electrons. The van der Waals surface area contributed by atoms with Gasteiger partial charge in [-0.3, -0.25) is 0 Å². The minimum Gasteiger partial charge on any atom is -0.444 e. The first-order valence-electron chi connectivity index (χ1n) is 1.83. The van der Waals surface area contributed by atoms with Crippen LogP contribution in [0.2, 0.25) is 0 Å². The van der Waals surface area contributed by atoms with Gasteiger partial charge in [0.2, 0.25) is 0 Å². The number of hydrogen-bond donors (Lipinski definition) is 2. The predicted octanol–water partition coefficient (Wildman–Crippen LogP) is 0.344. The monoisotopic (exact) mass is 445 g/mol. The molecule has 0 aromatic rings.